The minimum Gasteiger partial charge on any atom is -0.387 e. The number of rotatable bonds is 3. The van der Waals surface area contributed by atoms with Crippen molar-refractivity contribution in [2.24, 2.45) is 11.3 Å². The zero-order chi connectivity index (χ0) is 13.0. The zero-order valence-corrected chi connectivity index (χ0v) is 11.0. The van der Waals surface area contributed by atoms with Crippen LogP contribution in [-0.2, 0) is 0 Å². The highest BCUT2D eigenvalue weighted by Crippen LogP contribution is 2.48. The van der Waals surface area contributed by atoms with E-state index in [1.165, 1.54) is 6.42 Å². The summed E-state index contributed by atoms with van der Waals surface area (Å²) in [6.07, 6.45) is 4.34. The lowest BCUT2D eigenvalue weighted by molar-refractivity contribution is 0.0185. The lowest BCUT2D eigenvalue weighted by atomic mass is 9.65. The van der Waals surface area contributed by atoms with Gasteiger partial charge in [0.25, 0.3) is 0 Å². The van der Waals surface area contributed by atoms with Crippen molar-refractivity contribution in [3.63, 3.8) is 0 Å². The van der Waals surface area contributed by atoms with Gasteiger partial charge in [-0.25, -0.2) is 0 Å². The van der Waals surface area contributed by atoms with Crippen LogP contribution in [0, 0.1) is 22.7 Å². The molecule has 18 heavy (non-hydrogen) atoms. The van der Waals surface area contributed by atoms with Gasteiger partial charge in [0.15, 0.2) is 0 Å². The predicted octanol–water partition coefficient (Wildman–Crippen LogP) is 3.83. The predicted molar refractivity (Wildman–Crippen MR) is 71.7 cm³/mol. The lowest BCUT2D eigenvalue weighted by Gasteiger charge is -2.39. The van der Waals surface area contributed by atoms with Crippen LogP contribution in [0.4, 0.5) is 0 Å². The first kappa shape index (κ1) is 13.1. The lowest BCUT2D eigenvalue weighted by Crippen LogP contribution is -2.33. The molecule has 0 bridgehead atoms. The Morgan fingerprint density at radius 2 is 2.17 bits per heavy atom. The average molecular weight is 243 g/mol. The second-order valence-corrected chi connectivity index (χ2v) is 5.45. The zero-order valence-electron chi connectivity index (χ0n) is 11.0. The van der Waals surface area contributed by atoms with E-state index in [9.17, 15) is 10.4 Å². The van der Waals surface area contributed by atoms with E-state index in [1.807, 2.05) is 30.3 Å². The van der Waals surface area contributed by atoms with Gasteiger partial charge in [0.05, 0.1) is 17.6 Å². The SMILES string of the molecule is CCC1CCCC(C#N)(C(O)c2ccccc2)C1. The summed E-state index contributed by atoms with van der Waals surface area (Å²) >= 11 is 0. The molecule has 2 nitrogen and oxygen atoms in total. The molecule has 0 amide bonds. The number of aliphatic hydroxyl groups is 1. The normalized spacial score (nSPS) is 29.5. The summed E-state index contributed by atoms with van der Waals surface area (Å²) in [6, 6.07) is 12.0. The molecule has 2 heteroatoms. The maximum Gasteiger partial charge on any atom is 0.0976 e. The van der Waals surface area contributed by atoms with E-state index in [-0.39, 0.29) is 0 Å². The quantitative estimate of drug-likeness (QED) is 0.876. The maximum absolute atomic E-state index is 10.6. The molecular weight excluding hydrogens is 222 g/mol. The Morgan fingerprint density at radius 1 is 1.44 bits per heavy atom. The van der Waals surface area contributed by atoms with Crippen molar-refractivity contribution in [1.29, 1.82) is 5.26 Å². The van der Waals surface area contributed by atoms with Crippen molar-refractivity contribution in [1.82, 2.24) is 0 Å². The van der Waals surface area contributed by atoms with Crippen molar-refractivity contribution in [3.8, 4) is 6.07 Å². The monoisotopic (exact) mass is 243 g/mol. The van der Waals surface area contributed by atoms with Crippen LogP contribution in [0.15, 0.2) is 30.3 Å². The summed E-state index contributed by atoms with van der Waals surface area (Å²) in [7, 11) is 0. The third-order valence-electron chi connectivity index (χ3n) is 4.33. The molecule has 1 aliphatic rings. The van der Waals surface area contributed by atoms with Crippen molar-refractivity contribution in [2.45, 2.75) is 45.1 Å². The fraction of sp³-hybridized carbons (Fsp3) is 0.562. The van der Waals surface area contributed by atoms with Crippen molar-refractivity contribution in [2.75, 3.05) is 0 Å². The highest BCUT2D eigenvalue weighted by Gasteiger charge is 2.42. The summed E-state index contributed by atoms with van der Waals surface area (Å²) < 4.78 is 0. The first-order valence-corrected chi connectivity index (χ1v) is 6.86. The molecule has 0 heterocycles. The molecular formula is C16H21NO. The van der Waals surface area contributed by atoms with Crippen LogP contribution in [0.25, 0.3) is 0 Å². The van der Waals surface area contributed by atoms with Crippen LogP contribution in [0.2, 0.25) is 0 Å². The minimum atomic E-state index is -0.655. The molecule has 3 atom stereocenters. The molecule has 0 radical (unpaired) electrons. The van der Waals surface area contributed by atoms with Crippen molar-refractivity contribution in [3.05, 3.63) is 35.9 Å². The number of benzene rings is 1. The molecule has 0 aromatic heterocycles. The van der Waals surface area contributed by atoms with Crippen molar-refractivity contribution < 1.29 is 5.11 Å². The first-order valence-electron chi connectivity index (χ1n) is 6.86. The standard InChI is InChI=1S/C16H21NO/c1-2-13-7-6-10-16(11-13,12-17)15(18)14-8-4-3-5-9-14/h3-5,8-9,13,15,18H,2,6-7,10-11H2,1H3. The summed E-state index contributed by atoms with van der Waals surface area (Å²) in [5.74, 6) is 0.580. The van der Waals surface area contributed by atoms with Crippen LogP contribution >= 0.6 is 0 Å². The third-order valence-corrected chi connectivity index (χ3v) is 4.33. The molecule has 1 aromatic carbocycles. The van der Waals surface area contributed by atoms with Gasteiger partial charge in [-0.05, 0) is 24.3 Å². The van der Waals surface area contributed by atoms with E-state index >= 15 is 0 Å². The average Bonchev–Trinajstić information content (AvgIpc) is 2.47. The number of nitrogens with zero attached hydrogens (tertiary/aromatic N) is 1. The van der Waals surface area contributed by atoms with E-state index in [2.05, 4.69) is 13.0 Å². The summed E-state index contributed by atoms with van der Waals surface area (Å²) in [5.41, 5.74) is 0.288. The van der Waals surface area contributed by atoms with E-state index in [4.69, 9.17) is 0 Å². The largest absolute Gasteiger partial charge is 0.387 e. The molecule has 0 spiro atoms. The molecule has 3 unspecified atom stereocenters. The van der Waals surface area contributed by atoms with Gasteiger partial charge < -0.3 is 5.11 Å². The summed E-state index contributed by atoms with van der Waals surface area (Å²) in [5, 5.41) is 20.2. The molecule has 1 saturated carbocycles. The smallest absolute Gasteiger partial charge is 0.0976 e. The Bertz CT molecular complexity index is 422. The number of hydrogen-bond donors (Lipinski definition) is 1. The fourth-order valence-electron chi connectivity index (χ4n) is 3.14. The van der Waals surface area contributed by atoms with Gasteiger partial charge in [0, 0.05) is 0 Å². The van der Waals surface area contributed by atoms with Gasteiger partial charge in [0.1, 0.15) is 0 Å². The number of nitriles is 1. The highest BCUT2D eigenvalue weighted by molar-refractivity contribution is 5.23. The van der Waals surface area contributed by atoms with Gasteiger partial charge in [-0.2, -0.15) is 5.26 Å². The second kappa shape index (κ2) is 5.54. The van der Waals surface area contributed by atoms with E-state index < -0.39 is 11.5 Å². The van der Waals surface area contributed by atoms with Gasteiger partial charge in [-0.15, -0.1) is 0 Å². The second-order valence-electron chi connectivity index (χ2n) is 5.45. The first-order chi connectivity index (χ1) is 8.72. The molecule has 1 aliphatic carbocycles. The Kier molecular flexibility index (Phi) is 4.04. The molecule has 1 aromatic rings. The Hall–Kier alpha value is -1.33. The minimum absolute atomic E-state index is 0.580. The fourth-order valence-corrected chi connectivity index (χ4v) is 3.14. The molecule has 0 aliphatic heterocycles. The molecule has 96 valence electrons. The van der Waals surface area contributed by atoms with Crippen LogP contribution in [0.3, 0.4) is 0 Å². The van der Waals surface area contributed by atoms with Gasteiger partial charge >= 0.3 is 0 Å². The van der Waals surface area contributed by atoms with E-state index in [1.54, 1.807) is 0 Å². The molecule has 2 rings (SSSR count). The van der Waals surface area contributed by atoms with Crippen LogP contribution in [0.1, 0.15) is 50.7 Å². The Morgan fingerprint density at radius 3 is 2.78 bits per heavy atom. The molecule has 1 fully saturated rings. The number of aliphatic hydroxyl groups excluding tert-OH is 1. The van der Waals surface area contributed by atoms with Gasteiger partial charge in [-0.3, -0.25) is 0 Å². The van der Waals surface area contributed by atoms with Crippen LogP contribution in [-0.4, -0.2) is 5.11 Å². The molecule has 1 N–H and O–H groups in total. The molecule has 0 saturated heterocycles. The highest BCUT2D eigenvalue weighted by atomic mass is 16.3. The third kappa shape index (κ3) is 2.42. The topological polar surface area (TPSA) is 44.0 Å². The Balaban J connectivity index is 2.25. The Labute approximate surface area is 109 Å². The van der Waals surface area contributed by atoms with Crippen molar-refractivity contribution >= 4 is 0 Å². The van der Waals surface area contributed by atoms with Gasteiger partial charge in [0.2, 0.25) is 0 Å². The van der Waals surface area contributed by atoms with Crippen LogP contribution < -0.4 is 0 Å². The summed E-state index contributed by atoms with van der Waals surface area (Å²) in [6.45, 7) is 2.17. The summed E-state index contributed by atoms with van der Waals surface area (Å²) in [4.78, 5) is 0. The maximum atomic E-state index is 10.6. The van der Waals surface area contributed by atoms with Crippen LogP contribution in [0.5, 0.6) is 0 Å². The van der Waals surface area contributed by atoms with E-state index in [0.717, 1.165) is 31.2 Å². The number of hydrogen-bond acceptors (Lipinski definition) is 2. The van der Waals surface area contributed by atoms with E-state index in [0.29, 0.717) is 5.92 Å². The van der Waals surface area contributed by atoms with Gasteiger partial charge in [-0.1, -0.05) is 56.5 Å².